The number of carbonyl (C=O) groups is 1. The lowest BCUT2D eigenvalue weighted by Gasteiger charge is -2.19. The first kappa shape index (κ1) is 14.8. The van der Waals surface area contributed by atoms with Crippen molar-refractivity contribution < 1.29 is 19.4 Å². The third kappa shape index (κ3) is 4.94. The summed E-state index contributed by atoms with van der Waals surface area (Å²) >= 11 is 5.91. The van der Waals surface area contributed by atoms with Crippen LogP contribution in [0.25, 0.3) is 0 Å². The molecule has 0 saturated heterocycles. The summed E-state index contributed by atoms with van der Waals surface area (Å²) in [5.74, 6) is -0.557. The van der Waals surface area contributed by atoms with Crippen molar-refractivity contribution >= 4 is 17.6 Å². The standard InChI is InChI=1S/C13H17ClO4/c1-13(2,3)18-7-6-17-11-5-4-9(12(15)16)8-10(11)14/h4-5,8H,6-7H2,1-3H3,(H,15,16). The molecule has 0 bridgehead atoms. The quantitative estimate of drug-likeness (QED) is 0.836. The van der Waals surface area contributed by atoms with Crippen LogP contribution in [0.5, 0.6) is 5.75 Å². The van der Waals surface area contributed by atoms with Crippen LogP contribution in [0.3, 0.4) is 0 Å². The van der Waals surface area contributed by atoms with Crippen LogP contribution in [0.15, 0.2) is 18.2 Å². The highest BCUT2D eigenvalue weighted by atomic mass is 35.5. The fraction of sp³-hybridized carbons (Fsp3) is 0.462. The van der Waals surface area contributed by atoms with E-state index in [1.165, 1.54) is 12.1 Å². The predicted octanol–water partition coefficient (Wildman–Crippen LogP) is 3.23. The highest BCUT2D eigenvalue weighted by molar-refractivity contribution is 6.32. The summed E-state index contributed by atoms with van der Waals surface area (Å²) in [6.45, 7) is 6.69. The first-order valence-corrected chi connectivity index (χ1v) is 5.97. The van der Waals surface area contributed by atoms with Gasteiger partial charge in [-0.05, 0) is 39.0 Å². The summed E-state index contributed by atoms with van der Waals surface area (Å²) in [6.07, 6.45) is 0. The molecule has 18 heavy (non-hydrogen) atoms. The average molecular weight is 273 g/mol. The predicted molar refractivity (Wildman–Crippen MR) is 69.6 cm³/mol. The molecule has 0 heterocycles. The van der Waals surface area contributed by atoms with Gasteiger partial charge in [0.1, 0.15) is 12.4 Å². The number of carboxylic acid groups (broad SMARTS) is 1. The number of halogens is 1. The third-order valence-electron chi connectivity index (χ3n) is 2.05. The molecule has 0 radical (unpaired) electrons. The van der Waals surface area contributed by atoms with Crippen molar-refractivity contribution in [3.8, 4) is 5.75 Å². The van der Waals surface area contributed by atoms with Gasteiger partial charge in [0.05, 0.1) is 22.8 Å². The number of ether oxygens (including phenoxy) is 2. The maximum atomic E-state index is 10.7. The summed E-state index contributed by atoms with van der Waals surface area (Å²) in [4.78, 5) is 10.7. The second-order valence-electron chi connectivity index (χ2n) is 4.76. The van der Waals surface area contributed by atoms with E-state index >= 15 is 0 Å². The van der Waals surface area contributed by atoms with E-state index in [1.807, 2.05) is 20.8 Å². The number of aromatic carboxylic acids is 1. The molecule has 0 aliphatic rings. The lowest BCUT2D eigenvalue weighted by atomic mass is 10.2. The highest BCUT2D eigenvalue weighted by Crippen LogP contribution is 2.25. The van der Waals surface area contributed by atoms with Crippen LogP contribution in [0.2, 0.25) is 5.02 Å². The molecule has 0 fully saturated rings. The summed E-state index contributed by atoms with van der Waals surface area (Å²) in [6, 6.07) is 4.36. The molecule has 1 N–H and O–H groups in total. The largest absolute Gasteiger partial charge is 0.490 e. The first-order valence-electron chi connectivity index (χ1n) is 5.59. The zero-order chi connectivity index (χ0) is 13.8. The molecule has 100 valence electrons. The molecular formula is C13H17ClO4. The first-order chi connectivity index (χ1) is 8.29. The Kier molecular flexibility index (Phi) is 4.99. The van der Waals surface area contributed by atoms with Gasteiger partial charge < -0.3 is 14.6 Å². The molecule has 0 aliphatic heterocycles. The van der Waals surface area contributed by atoms with Crippen LogP contribution < -0.4 is 4.74 Å². The summed E-state index contributed by atoms with van der Waals surface area (Å²) in [5, 5.41) is 9.07. The minimum Gasteiger partial charge on any atom is -0.490 e. The molecule has 0 saturated carbocycles. The maximum Gasteiger partial charge on any atom is 0.335 e. The van der Waals surface area contributed by atoms with Gasteiger partial charge in [-0.2, -0.15) is 0 Å². The molecule has 0 spiro atoms. The fourth-order valence-electron chi connectivity index (χ4n) is 1.25. The van der Waals surface area contributed by atoms with Crippen molar-refractivity contribution in [1.29, 1.82) is 0 Å². The van der Waals surface area contributed by atoms with Gasteiger partial charge >= 0.3 is 5.97 Å². The van der Waals surface area contributed by atoms with Gasteiger partial charge in [-0.25, -0.2) is 4.79 Å². The molecule has 1 aromatic rings. The number of hydrogen-bond acceptors (Lipinski definition) is 3. The van der Waals surface area contributed by atoms with Crippen molar-refractivity contribution in [2.24, 2.45) is 0 Å². The van der Waals surface area contributed by atoms with E-state index in [-0.39, 0.29) is 16.2 Å². The van der Waals surface area contributed by atoms with Crippen molar-refractivity contribution in [1.82, 2.24) is 0 Å². The smallest absolute Gasteiger partial charge is 0.335 e. The van der Waals surface area contributed by atoms with Crippen molar-refractivity contribution in [3.63, 3.8) is 0 Å². The Labute approximate surface area is 111 Å². The van der Waals surface area contributed by atoms with E-state index in [9.17, 15) is 4.79 Å². The summed E-state index contributed by atoms with van der Waals surface area (Å²) < 4.78 is 10.9. The van der Waals surface area contributed by atoms with E-state index in [0.29, 0.717) is 19.0 Å². The van der Waals surface area contributed by atoms with Gasteiger partial charge in [-0.1, -0.05) is 11.6 Å². The lowest BCUT2D eigenvalue weighted by molar-refractivity contribution is -0.0162. The Bertz CT molecular complexity index is 423. The zero-order valence-corrected chi connectivity index (χ0v) is 11.5. The SMILES string of the molecule is CC(C)(C)OCCOc1ccc(C(=O)O)cc1Cl. The number of rotatable bonds is 5. The second kappa shape index (κ2) is 6.07. The average Bonchev–Trinajstić information content (AvgIpc) is 2.24. The monoisotopic (exact) mass is 272 g/mol. The minimum atomic E-state index is -1.01. The van der Waals surface area contributed by atoms with Crippen LogP contribution >= 0.6 is 11.6 Å². The Hall–Kier alpha value is -1.26. The van der Waals surface area contributed by atoms with E-state index in [4.69, 9.17) is 26.2 Å². The molecule has 1 rings (SSSR count). The maximum absolute atomic E-state index is 10.7. The molecule has 0 amide bonds. The van der Waals surface area contributed by atoms with Crippen LogP contribution in [0.1, 0.15) is 31.1 Å². The van der Waals surface area contributed by atoms with Gasteiger partial charge in [0.15, 0.2) is 0 Å². The number of carboxylic acids is 1. The Balaban J connectivity index is 2.51. The van der Waals surface area contributed by atoms with Crippen molar-refractivity contribution in [2.75, 3.05) is 13.2 Å². The van der Waals surface area contributed by atoms with E-state index < -0.39 is 5.97 Å². The van der Waals surface area contributed by atoms with Crippen LogP contribution in [-0.4, -0.2) is 29.9 Å². The van der Waals surface area contributed by atoms with E-state index in [1.54, 1.807) is 6.07 Å². The number of hydrogen-bond donors (Lipinski definition) is 1. The Morgan fingerprint density at radius 3 is 2.50 bits per heavy atom. The molecule has 0 atom stereocenters. The molecule has 1 aromatic carbocycles. The van der Waals surface area contributed by atoms with Crippen molar-refractivity contribution in [2.45, 2.75) is 26.4 Å². The van der Waals surface area contributed by atoms with E-state index in [2.05, 4.69) is 0 Å². The number of benzene rings is 1. The summed E-state index contributed by atoms with van der Waals surface area (Å²) in [7, 11) is 0. The second-order valence-corrected chi connectivity index (χ2v) is 5.17. The molecule has 0 aromatic heterocycles. The lowest BCUT2D eigenvalue weighted by Crippen LogP contribution is -2.22. The molecule has 0 unspecified atom stereocenters. The van der Waals surface area contributed by atoms with Crippen LogP contribution in [0.4, 0.5) is 0 Å². The molecular weight excluding hydrogens is 256 g/mol. The Morgan fingerprint density at radius 2 is 2.00 bits per heavy atom. The summed E-state index contributed by atoms with van der Waals surface area (Å²) in [5.41, 5.74) is -0.0707. The molecule has 5 heteroatoms. The zero-order valence-electron chi connectivity index (χ0n) is 10.7. The Morgan fingerprint density at radius 1 is 1.33 bits per heavy atom. The van der Waals surface area contributed by atoms with Gasteiger partial charge in [0.2, 0.25) is 0 Å². The minimum absolute atomic E-state index is 0.137. The van der Waals surface area contributed by atoms with Gasteiger partial charge in [-0.15, -0.1) is 0 Å². The fourth-order valence-corrected chi connectivity index (χ4v) is 1.49. The normalized spacial score (nSPS) is 11.3. The molecule has 0 aliphatic carbocycles. The van der Waals surface area contributed by atoms with E-state index in [0.717, 1.165) is 0 Å². The third-order valence-corrected chi connectivity index (χ3v) is 2.35. The topological polar surface area (TPSA) is 55.8 Å². The van der Waals surface area contributed by atoms with Gasteiger partial charge in [0, 0.05) is 0 Å². The van der Waals surface area contributed by atoms with Gasteiger partial charge in [-0.3, -0.25) is 0 Å². The highest BCUT2D eigenvalue weighted by Gasteiger charge is 2.10. The van der Waals surface area contributed by atoms with Crippen LogP contribution in [0, 0.1) is 0 Å². The van der Waals surface area contributed by atoms with Gasteiger partial charge in [0.25, 0.3) is 0 Å². The van der Waals surface area contributed by atoms with Crippen molar-refractivity contribution in [3.05, 3.63) is 28.8 Å². The van der Waals surface area contributed by atoms with Crippen LogP contribution in [-0.2, 0) is 4.74 Å². The molecule has 4 nitrogen and oxygen atoms in total.